The van der Waals surface area contributed by atoms with Gasteiger partial charge < -0.3 is 29.4 Å². The lowest BCUT2D eigenvalue weighted by molar-refractivity contribution is -0.137. The first-order chi connectivity index (χ1) is 18.5. The molecule has 1 unspecified atom stereocenters. The summed E-state index contributed by atoms with van der Waals surface area (Å²) >= 11 is 0. The van der Waals surface area contributed by atoms with E-state index in [1.165, 1.54) is 0 Å². The number of anilines is 1. The highest BCUT2D eigenvalue weighted by molar-refractivity contribution is 5.79. The molecule has 0 radical (unpaired) electrons. The van der Waals surface area contributed by atoms with Gasteiger partial charge in [0, 0.05) is 40.8 Å². The van der Waals surface area contributed by atoms with Crippen molar-refractivity contribution >= 4 is 11.7 Å². The number of carboxylic acids is 1. The van der Waals surface area contributed by atoms with Crippen molar-refractivity contribution in [1.29, 1.82) is 0 Å². The molecule has 7 nitrogen and oxygen atoms in total. The molecule has 6 rings (SSSR count). The second-order valence-corrected chi connectivity index (χ2v) is 10.2. The summed E-state index contributed by atoms with van der Waals surface area (Å²) in [4.78, 5) is 11.2. The van der Waals surface area contributed by atoms with Crippen molar-refractivity contribution in [1.82, 2.24) is 0 Å². The average molecular weight is 514 g/mol. The number of carbonyl (C=O) groups is 1. The lowest BCUT2D eigenvalue weighted by atomic mass is 9.92. The van der Waals surface area contributed by atoms with E-state index in [-0.39, 0.29) is 24.5 Å². The van der Waals surface area contributed by atoms with E-state index in [2.05, 4.69) is 49.5 Å². The molecule has 38 heavy (non-hydrogen) atoms. The Morgan fingerprint density at radius 3 is 2.66 bits per heavy atom. The Morgan fingerprint density at radius 1 is 1.05 bits per heavy atom. The number of rotatable bonds is 8. The Balaban J connectivity index is 1.21. The molecule has 3 aromatic rings. The fourth-order valence-electron chi connectivity index (χ4n) is 5.67. The van der Waals surface area contributed by atoms with Gasteiger partial charge in [-0.1, -0.05) is 24.3 Å². The number of ether oxygens (including phenoxy) is 4. The molecule has 0 saturated heterocycles. The van der Waals surface area contributed by atoms with Crippen LogP contribution in [0.2, 0.25) is 0 Å². The minimum atomic E-state index is -0.812. The molecule has 3 heterocycles. The summed E-state index contributed by atoms with van der Waals surface area (Å²) in [5.41, 5.74) is 7.47. The molecule has 7 heteroatoms. The zero-order valence-corrected chi connectivity index (χ0v) is 21.5. The van der Waals surface area contributed by atoms with E-state index < -0.39 is 5.97 Å². The number of fused-ring (bicyclic) bond motifs is 2. The van der Waals surface area contributed by atoms with E-state index in [0.29, 0.717) is 19.8 Å². The van der Waals surface area contributed by atoms with Crippen molar-refractivity contribution in [3.8, 4) is 28.4 Å². The Labute approximate surface area is 222 Å². The van der Waals surface area contributed by atoms with Crippen molar-refractivity contribution < 1.29 is 28.8 Å². The lowest BCUT2D eigenvalue weighted by Gasteiger charge is -2.18. The summed E-state index contributed by atoms with van der Waals surface area (Å²) in [6.45, 7) is 5.65. The zero-order valence-electron chi connectivity index (χ0n) is 21.5. The number of nitrogens with one attached hydrogen (secondary N) is 1. The number of hydrogen-bond acceptors (Lipinski definition) is 6. The van der Waals surface area contributed by atoms with Gasteiger partial charge in [0.15, 0.2) is 0 Å². The Hall–Kier alpha value is -4.13. The third-order valence-electron chi connectivity index (χ3n) is 7.45. The van der Waals surface area contributed by atoms with Crippen molar-refractivity contribution in [2.45, 2.75) is 44.8 Å². The summed E-state index contributed by atoms with van der Waals surface area (Å²) in [6, 6.07) is 16.4. The van der Waals surface area contributed by atoms with Gasteiger partial charge in [0.05, 0.1) is 25.3 Å². The molecule has 2 N–H and O–H groups in total. The molecule has 3 atom stereocenters. The first-order valence-corrected chi connectivity index (χ1v) is 13.0. The molecule has 196 valence electrons. The van der Waals surface area contributed by atoms with E-state index in [4.69, 9.17) is 24.1 Å². The quantitative estimate of drug-likeness (QED) is 0.374. The van der Waals surface area contributed by atoms with E-state index in [1.54, 1.807) is 6.26 Å². The third-order valence-corrected chi connectivity index (χ3v) is 7.45. The molecule has 3 aliphatic rings. The highest BCUT2D eigenvalue weighted by Gasteiger charge is 2.30. The molecule has 3 aliphatic heterocycles. The number of para-hydroxylation sites is 1. The normalized spacial score (nSPS) is 20.7. The van der Waals surface area contributed by atoms with E-state index >= 15 is 0 Å². The smallest absolute Gasteiger partial charge is 0.304 e. The summed E-state index contributed by atoms with van der Waals surface area (Å²) < 4.78 is 23.6. The molecular weight excluding hydrogens is 482 g/mol. The third kappa shape index (κ3) is 4.64. The Bertz CT molecular complexity index is 1380. The van der Waals surface area contributed by atoms with Crippen LogP contribution < -0.4 is 19.5 Å². The zero-order chi connectivity index (χ0) is 26.2. The van der Waals surface area contributed by atoms with E-state index in [0.717, 1.165) is 62.7 Å². The fourth-order valence-corrected chi connectivity index (χ4v) is 5.67. The van der Waals surface area contributed by atoms with Crippen LogP contribution in [-0.2, 0) is 9.53 Å². The molecule has 0 spiro atoms. The maximum absolute atomic E-state index is 11.2. The summed E-state index contributed by atoms with van der Waals surface area (Å²) in [6.07, 6.45) is 4.78. The maximum atomic E-state index is 11.2. The number of carboxylic acid groups (broad SMARTS) is 1. The van der Waals surface area contributed by atoms with Crippen LogP contribution in [0.4, 0.5) is 5.69 Å². The molecule has 0 fully saturated rings. The Kier molecular flexibility index (Phi) is 6.35. The fraction of sp³-hybridized carbons (Fsp3) is 0.323. The predicted octanol–water partition coefficient (Wildman–Crippen LogP) is 6.15. The predicted molar refractivity (Wildman–Crippen MR) is 144 cm³/mol. The van der Waals surface area contributed by atoms with Crippen LogP contribution in [0.25, 0.3) is 11.1 Å². The van der Waals surface area contributed by atoms with Gasteiger partial charge in [-0.15, -0.1) is 0 Å². The summed E-state index contributed by atoms with van der Waals surface area (Å²) in [7, 11) is 0. The molecular formula is C31H31NO6. The van der Waals surface area contributed by atoms with Gasteiger partial charge in [0.2, 0.25) is 0 Å². The second-order valence-electron chi connectivity index (χ2n) is 10.2. The topological polar surface area (TPSA) is 86.3 Å². The van der Waals surface area contributed by atoms with Gasteiger partial charge in [-0.25, -0.2) is 0 Å². The molecule has 0 aliphatic carbocycles. The summed E-state index contributed by atoms with van der Waals surface area (Å²) in [5, 5.41) is 12.7. The van der Waals surface area contributed by atoms with Gasteiger partial charge >= 0.3 is 5.97 Å². The maximum Gasteiger partial charge on any atom is 0.304 e. The average Bonchev–Trinajstić information content (AvgIpc) is 3.64. The van der Waals surface area contributed by atoms with E-state index in [1.807, 2.05) is 24.3 Å². The van der Waals surface area contributed by atoms with Gasteiger partial charge in [-0.2, -0.15) is 0 Å². The minimum Gasteiger partial charge on any atom is -0.494 e. The first-order valence-electron chi connectivity index (χ1n) is 13.0. The highest BCUT2D eigenvalue weighted by Crippen LogP contribution is 2.45. The molecule has 3 aromatic carbocycles. The van der Waals surface area contributed by atoms with Crippen LogP contribution in [-0.4, -0.2) is 37.0 Å². The Morgan fingerprint density at radius 2 is 1.89 bits per heavy atom. The van der Waals surface area contributed by atoms with Gasteiger partial charge in [0.25, 0.3) is 0 Å². The molecule has 0 bridgehead atoms. The van der Waals surface area contributed by atoms with Crippen molar-refractivity contribution in [3.63, 3.8) is 0 Å². The first kappa shape index (κ1) is 24.2. The van der Waals surface area contributed by atoms with Crippen molar-refractivity contribution in [2.75, 3.05) is 25.1 Å². The lowest BCUT2D eigenvalue weighted by Crippen LogP contribution is -2.16. The van der Waals surface area contributed by atoms with Crippen LogP contribution in [0.1, 0.15) is 47.1 Å². The van der Waals surface area contributed by atoms with Crippen LogP contribution in [0.15, 0.2) is 60.9 Å². The summed E-state index contributed by atoms with van der Waals surface area (Å²) in [5.74, 6) is 1.57. The molecule has 0 aromatic heterocycles. The standard InChI is InChI=1S/C31H31NO6/c1-18-11-23(36-16-22-5-4-10-35-22)12-19(2)30(18)26-7-3-6-25-27(17-38-31(25)26)32-21-8-9-24-20(13-29(33)34)15-37-28(24)14-21/h3-4,6-12,14,20,22,27,32H,5,13,15-17H2,1-2H3,(H,33,34)/t20-,22?,27-/m1/s1. The number of aliphatic carboxylic acids is 1. The van der Waals surface area contributed by atoms with Crippen LogP contribution in [0.5, 0.6) is 17.2 Å². The van der Waals surface area contributed by atoms with Crippen LogP contribution in [0.3, 0.4) is 0 Å². The monoisotopic (exact) mass is 513 g/mol. The van der Waals surface area contributed by atoms with Crippen LogP contribution >= 0.6 is 0 Å². The number of aryl methyl sites for hydroxylation is 2. The largest absolute Gasteiger partial charge is 0.494 e. The van der Waals surface area contributed by atoms with Gasteiger partial charge in [-0.3, -0.25) is 4.79 Å². The molecule has 0 amide bonds. The minimum absolute atomic E-state index is 0.0116. The van der Waals surface area contributed by atoms with Gasteiger partial charge in [0.1, 0.15) is 36.6 Å². The number of hydrogen-bond donors (Lipinski definition) is 2. The van der Waals surface area contributed by atoms with Crippen molar-refractivity contribution in [3.05, 3.63) is 83.1 Å². The van der Waals surface area contributed by atoms with Crippen molar-refractivity contribution in [2.24, 2.45) is 0 Å². The molecule has 0 saturated carbocycles. The SMILES string of the molecule is Cc1cc(OCC2CC=CO2)cc(C)c1-c1cccc2c1OC[C@H]2Nc1ccc2c(c1)OC[C@H]2CC(=O)O. The highest BCUT2D eigenvalue weighted by atomic mass is 16.5. The van der Waals surface area contributed by atoms with E-state index in [9.17, 15) is 4.79 Å². The van der Waals surface area contributed by atoms with Gasteiger partial charge in [-0.05, 0) is 54.8 Å². The number of benzene rings is 3. The second kappa shape index (κ2) is 9.97. The van der Waals surface area contributed by atoms with Crippen LogP contribution in [0, 0.1) is 13.8 Å².